The van der Waals surface area contributed by atoms with E-state index in [2.05, 4.69) is 22.4 Å². The smallest absolute Gasteiger partial charge is 0.260 e. The second kappa shape index (κ2) is 5.66. The van der Waals surface area contributed by atoms with Gasteiger partial charge in [0.25, 0.3) is 5.89 Å². The lowest BCUT2D eigenvalue weighted by Gasteiger charge is -2.35. The Labute approximate surface area is 125 Å². The Morgan fingerprint density at radius 1 is 1.33 bits per heavy atom. The van der Waals surface area contributed by atoms with Gasteiger partial charge >= 0.3 is 0 Å². The summed E-state index contributed by atoms with van der Waals surface area (Å²) in [5.74, 6) is 1.62. The van der Waals surface area contributed by atoms with E-state index in [-0.39, 0.29) is 0 Å². The summed E-state index contributed by atoms with van der Waals surface area (Å²) < 4.78 is 11.1. The number of rotatable bonds is 3. The molecule has 2 N–H and O–H groups in total. The predicted octanol–water partition coefficient (Wildman–Crippen LogP) is 1.69. The van der Waals surface area contributed by atoms with Crippen molar-refractivity contribution in [3.8, 4) is 0 Å². The number of ether oxygens (including phenoxy) is 1. The maximum Gasteiger partial charge on any atom is 0.260 e. The number of hydrogen-bond donors (Lipinski definition) is 2. The highest BCUT2D eigenvalue weighted by Crippen LogP contribution is 2.41. The lowest BCUT2D eigenvalue weighted by atomic mass is 9.79. The molecule has 1 aromatic heterocycles. The average molecular weight is 295 g/mol. The second-order valence-electron chi connectivity index (χ2n) is 6.62. The lowest BCUT2D eigenvalue weighted by molar-refractivity contribution is -0.0609. The third kappa shape index (κ3) is 2.72. The number of aromatic nitrogens is 2. The molecule has 0 aromatic carbocycles. The van der Waals surface area contributed by atoms with Crippen molar-refractivity contribution in [2.24, 2.45) is 5.92 Å². The van der Waals surface area contributed by atoms with Crippen LogP contribution in [0.2, 0.25) is 0 Å². The van der Waals surface area contributed by atoms with Gasteiger partial charge in [0.05, 0.1) is 0 Å². The fraction of sp³-hybridized carbons (Fsp3) is 0.867. The van der Waals surface area contributed by atoms with E-state index >= 15 is 0 Å². The fourth-order valence-electron chi connectivity index (χ4n) is 3.42. The van der Waals surface area contributed by atoms with Gasteiger partial charge in [-0.3, -0.25) is 0 Å². The van der Waals surface area contributed by atoms with Crippen molar-refractivity contribution >= 4 is 0 Å². The van der Waals surface area contributed by atoms with Gasteiger partial charge in [-0.2, -0.15) is 4.98 Å². The minimum Gasteiger partial charge on any atom is -0.379 e. The lowest BCUT2D eigenvalue weighted by Crippen LogP contribution is -2.43. The van der Waals surface area contributed by atoms with E-state index in [1.165, 1.54) is 0 Å². The molecule has 6 nitrogen and oxygen atoms in total. The van der Waals surface area contributed by atoms with Crippen molar-refractivity contribution in [3.05, 3.63) is 11.7 Å². The summed E-state index contributed by atoms with van der Waals surface area (Å²) in [6.07, 6.45) is 5.56. The molecular formula is C15H25N3O3. The number of β-amino-alcohol motifs (C(OH)–C–C–N with tert-alkyl or cyclic N) is 1. The first kappa shape index (κ1) is 14.9. The Morgan fingerprint density at radius 2 is 2.10 bits per heavy atom. The summed E-state index contributed by atoms with van der Waals surface area (Å²) in [7, 11) is 1.71. The van der Waals surface area contributed by atoms with Crippen LogP contribution in [0.25, 0.3) is 0 Å². The topological polar surface area (TPSA) is 80.4 Å². The van der Waals surface area contributed by atoms with E-state index in [1.807, 2.05) is 0 Å². The monoisotopic (exact) mass is 295 g/mol. The SMILES string of the molecule is COC1(c2noc(C3(O)CCCNC3)n2)CCC(C)CC1. The fourth-order valence-corrected chi connectivity index (χ4v) is 3.42. The van der Waals surface area contributed by atoms with Crippen LogP contribution in [0.15, 0.2) is 4.52 Å². The Kier molecular flexibility index (Phi) is 4.03. The maximum atomic E-state index is 10.7. The molecular weight excluding hydrogens is 270 g/mol. The number of aliphatic hydroxyl groups is 1. The van der Waals surface area contributed by atoms with Gasteiger partial charge in [0.2, 0.25) is 5.82 Å². The van der Waals surface area contributed by atoms with Crippen molar-refractivity contribution in [1.29, 1.82) is 0 Å². The minimum atomic E-state index is -1.04. The normalized spacial score (nSPS) is 37.6. The van der Waals surface area contributed by atoms with Crippen LogP contribution in [0.5, 0.6) is 0 Å². The largest absolute Gasteiger partial charge is 0.379 e. The first-order valence-corrected chi connectivity index (χ1v) is 7.91. The molecule has 1 aliphatic carbocycles. The van der Waals surface area contributed by atoms with Crippen LogP contribution in [0, 0.1) is 5.92 Å². The van der Waals surface area contributed by atoms with Crippen LogP contribution in [-0.2, 0) is 15.9 Å². The first-order valence-electron chi connectivity index (χ1n) is 7.91. The molecule has 1 saturated carbocycles. The molecule has 2 fully saturated rings. The van der Waals surface area contributed by atoms with Gasteiger partial charge in [0.15, 0.2) is 5.60 Å². The van der Waals surface area contributed by atoms with E-state index in [1.54, 1.807) is 7.11 Å². The van der Waals surface area contributed by atoms with Crippen LogP contribution in [0.3, 0.4) is 0 Å². The molecule has 1 unspecified atom stereocenters. The van der Waals surface area contributed by atoms with Crippen LogP contribution < -0.4 is 5.32 Å². The molecule has 21 heavy (non-hydrogen) atoms. The van der Waals surface area contributed by atoms with E-state index in [4.69, 9.17) is 9.26 Å². The Balaban J connectivity index is 1.83. The minimum absolute atomic E-state index is 0.319. The Morgan fingerprint density at radius 3 is 2.71 bits per heavy atom. The standard InChI is InChI=1S/C15H25N3O3/c1-11-4-7-15(20-2,8-5-11)12-17-13(21-18-12)14(19)6-3-9-16-10-14/h11,16,19H,3-10H2,1-2H3. The van der Waals surface area contributed by atoms with E-state index < -0.39 is 11.2 Å². The second-order valence-corrected chi connectivity index (χ2v) is 6.62. The van der Waals surface area contributed by atoms with Crippen LogP contribution in [0.4, 0.5) is 0 Å². The molecule has 0 bridgehead atoms. The molecule has 0 radical (unpaired) electrons. The van der Waals surface area contributed by atoms with Gasteiger partial charge in [-0.1, -0.05) is 12.1 Å². The summed E-state index contributed by atoms with van der Waals surface area (Å²) in [6, 6.07) is 0. The van der Waals surface area contributed by atoms with Crippen LogP contribution in [-0.4, -0.2) is 35.4 Å². The summed E-state index contributed by atoms with van der Waals surface area (Å²) in [5.41, 5.74) is -1.49. The van der Waals surface area contributed by atoms with Gasteiger partial charge in [-0.05, 0) is 51.0 Å². The number of nitrogens with zero attached hydrogens (tertiary/aromatic N) is 2. The van der Waals surface area contributed by atoms with Crippen molar-refractivity contribution in [2.45, 2.75) is 56.7 Å². The molecule has 1 atom stereocenters. The highest BCUT2D eigenvalue weighted by atomic mass is 16.5. The first-order chi connectivity index (χ1) is 10.1. The Hall–Kier alpha value is -0.980. The highest BCUT2D eigenvalue weighted by Gasteiger charge is 2.43. The number of methoxy groups -OCH3 is 1. The van der Waals surface area contributed by atoms with Crippen molar-refractivity contribution in [1.82, 2.24) is 15.5 Å². The molecule has 1 aliphatic heterocycles. The zero-order valence-electron chi connectivity index (χ0n) is 12.9. The molecule has 118 valence electrons. The number of nitrogens with one attached hydrogen (secondary N) is 1. The van der Waals surface area contributed by atoms with Crippen LogP contribution in [0.1, 0.15) is 57.2 Å². The molecule has 2 aliphatic rings. The van der Waals surface area contributed by atoms with E-state index in [0.717, 1.165) is 38.6 Å². The summed E-state index contributed by atoms with van der Waals surface area (Å²) in [4.78, 5) is 4.50. The van der Waals surface area contributed by atoms with Gasteiger partial charge in [0, 0.05) is 13.7 Å². The average Bonchev–Trinajstić information content (AvgIpc) is 3.01. The van der Waals surface area contributed by atoms with Gasteiger partial charge in [-0.15, -0.1) is 0 Å². The zero-order valence-corrected chi connectivity index (χ0v) is 12.9. The number of hydrogen-bond acceptors (Lipinski definition) is 6. The number of piperidine rings is 1. The quantitative estimate of drug-likeness (QED) is 0.883. The molecule has 0 amide bonds. The summed E-state index contributed by atoms with van der Waals surface area (Å²) in [5, 5.41) is 18.0. The van der Waals surface area contributed by atoms with Crippen molar-refractivity contribution in [2.75, 3.05) is 20.2 Å². The molecule has 6 heteroatoms. The third-order valence-corrected chi connectivity index (χ3v) is 5.07. The third-order valence-electron chi connectivity index (χ3n) is 5.07. The van der Waals surface area contributed by atoms with E-state index in [0.29, 0.717) is 30.6 Å². The summed E-state index contributed by atoms with van der Waals surface area (Å²) in [6.45, 7) is 3.65. The van der Waals surface area contributed by atoms with Gasteiger partial charge in [-0.25, -0.2) is 0 Å². The molecule has 2 heterocycles. The summed E-state index contributed by atoms with van der Waals surface area (Å²) >= 11 is 0. The van der Waals surface area contributed by atoms with Crippen molar-refractivity contribution < 1.29 is 14.4 Å². The van der Waals surface area contributed by atoms with Crippen LogP contribution >= 0.6 is 0 Å². The maximum absolute atomic E-state index is 10.7. The van der Waals surface area contributed by atoms with E-state index in [9.17, 15) is 5.11 Å². The highest BCUT2D eigenvalue weighted by molar-refractivity contribution is 5.08. The van der Waals surface area contributed by atoms with Gasteiger partial charge in [0.1, 0.15) is 5.60 Å². The Bertz CT molecular complexity index is 474. The zero-order chi connectivity index (χ0) is 14.9. The molecule has 1 saturated heterocycles. The molecule has 0 spiro atoms. The van der Waals surface area contributed by atoms with Crippen molar-refractivity contribution in [3.63, 3.8) is 0 Å². The van der Waals surface area contributed by atoms with Gasteiger partial charge < -0.3 is 19.7 Å². The molecule has 3 rings (SSSR count). The predicted molar refractivity (Wildman–Crippen MR) is 76.6 cm³/mol. The molecule has 1 aromatic rings.